The molecule has 0 spiro atoms. The van der Waals surface area contributed by atoms with Gasteiger partial charge in [0.15, 0.2) is 0 Å². The Morgan fingerprint density at radius 3 is 2.43 bits per heavy atom. The number of nitro groups is 1. The summed E-state index contributed by atoms with van der Waals surface area (Å²) in [5, 5.41) is 24.5. The molecular formula is C13H17N3O5. The molecule has 8 nitrogen and oxygen atoms in total. The SMILES string of the molecule is CC[C@@H](NC(=O)Nc1cc(C)c([N+](=O)[O-])cc1C)C(=O)O. The van der Waals surface area contributed by atoms with Crippen molar-refractivity contribution in [3.8, 4) is 0 Å². The number of anilines is 1. The Morgan fingerprint density at radius 2 is 1.95 bits per heavy atom. The topological polar surface area (TPSA) is 122 Å². The van der Waals surface area contributed by atoms with Gasteiger partial charge in [-0.25, -0.2) is 9.59 Å². The van der Waals surface area contributed by atoms with Gasteiger partial charge in [0.25, 0.3) is 5.69 Å². The monoisotopic (exact) mass is 295 g/mol. The number of rotatable bonds is 5. The van der Waals surface area contributed by atoms with Crippen LogP contribution in [0.3, 0.4) is 0 Å². The van der Waals surface area contributed by atoms with Gasteiger partial charge < -0.3 is 15.7 Å². The third-order valence-electron chi connectivity index (χ3n) is 3.00. The van der Waals surface area contributed by atoms with Crippen molar-refractivity contribution in [1.82, 2.24) is 5.32 Å². The molecule has 0 bridgehead atoms. The third-order valence-corrected chi connectivity index (χ3v) is 3.00. The number of urea groups is 1. The van der Waals surface area contributed by atoms with Gasteiger partial charge >= 0.3 is 12.0 Å². The minimum absolute atomic E-state index is 0.0320. The molecule has 1 aromatic carbocycles. The number of carbonyl (C=O) groups excluding carboxylic acids is 1. The van der Waals surface area contributed by atoms with Crippen LogP contribution in [-0.2, 0) is 4.79 Å². The van der Waals surface area contributed by atoms with Crippen molar-refractivity contribution in [2.45, 2.75) is 33.2 Å². The smallest absolute Gasteiger partial charge is 0.326 e. The van der Waals surface area contributed by atoms with E-state index in [0.29, 0.717) is 16.8 Å². The molecule has 8 heteroatoms. The van der Waals surface area contributed by atoms with Crippen LogP contribution in [0, 0.1) is 24.0 Å². The van der Waals surface area contributed by atoms with Crippen molar-refractivity contribution >= 4 is 23.4 Å². The number of carbonyl (C=O) groups is 2. The lowest BCUT2D eigenvalue weighted by Gasteiger charge is -2.14. The summed E-state index contributed by atoms with van der Waals surface area (Å²) in [4.78, 5) is 32.9. The van der Waals surface area contributed by atoms with Crippen LogP contribution in [0.15, 0.2) is 12.1 Å². The fourth-order valence-electron chi connectivity index (χ4n) is 1.79. The van der Waals surface area contributed by atoms with E-state index in [9.17, 15) is 19.7 Å². The van der Waals surface area contributed by atoms with Crippen molar-refractivity contribution in [3.05, 3.63) is 33.4 Å². The first-order valence-electron chi connectivity index (χ1n) is 6.32. The van der Waals surface area contributed by atoms with E-state index < -0.39 is 23.0 Å². The first kappa shape index (κ1) is 16.4. The standard InChI is InChI=1S/C13H17N3O5/c1-4-9(12(17)18)14-13(19)15-10-5-8(3)11(16(20)21)6-7(10)2/h5-6,9H,4H2,1-3H3,(H,17,18)(H2,14,15,19)/t9-/m1/s1. The van der Waals surface area contributed by atoms with Gasteiger partial charge in [0.05, 0.1) is 4.92 Å². The van der Waals surface area contributed by atoms with Crippen molar-refractivity contribution in [2.24, 2.45) is 0 Å². The Balaban J connectivity index is 2.88. The largest absolute Gasteiger partial charge is 0.480 e. The van der Waals surface area contributed by atoms with Crippen molar-refractivity contribution in [2.75, 3.05) is 5.32 Å². The molecule has 0 aliphatic carbocycles. The molecule has 1 atom stereocenters. The number of aliphatic carboxylic acids is 1. The highest BCUT2D eigenvalue weighted by Crippen LogP contribution is 2.25. The predicted molar refractivity (Wildman–Crippen MR) is 76.4 cm³/mol. The zero-order chi connectivity index (χ0) is 16.2. The molecule has 0 aliphatic rings. The average Bonchev–Trinajstić information content (AvgIpc) is 2.39. The van der Waals surface area contributed by atoms with E-state index in [-0.39, 0.29) is 12.1 Å². The number of hydrogen-bond acceptors (Lipinski definition) is 4. The quantitative estimate of drug-likeness (QED) is 0.567. The maximum atomic E-state index is 11.7. The molecule has 0 heterocycles. The molecule has 0 aromatic heterocycles. The zero-order valence-electron chi connectivity index (χ0n) is 12.0. The second-order valence-corrected chi connectivity index (χ2v) is 4.61. The van der Waals surface area contributed by atoms with E-state index in [1.165, 1.54) is 12.1 Å². The summed E-state index contributed by atoms with van der Waals surface area (Å²) in [7, 11) is 0. The van der Waals surface area contributed by atoms with E-state index in [1.54, 1.807) is 20.8 Å². The number of nitrogens with one attached hydrogen (secondary N) is 2. The van der Waals surface area contributed by atoms with Crippen molar-refractivity contribution < 1.29 is 19.6 Å². The molecule has 0 radical (unpaired) electrons. The highest BCUT2D eigenvalue weighted by molar-refractivity contribution is 5.93. The van der Waals surface area contributed by atoms with Crippen LogP contribution in [-0.4, -0.2) is 28.1 Å². The number of hydrogen-bond donors (Lipinski definition) is 3. The normalized spacial score (nSPS) is 11.6. The highest BCUT2D eigenvalue weighted by atomic mass is 16.6. The molecule has 0 saturated heterocycles. The van der Waals surface area contributed by atoms with Gasteiger partial charge in [-0.05, 0) is 31.9 Å². The van der Waals surface area contributed by atoms with Crippen LogP contribution in [0.1, 0.15) is 24.5 Å². The van der Waals surface area contributed by atoms with Gasteiger partial charge in [-0.2, -0.15) is 0 Å². The second-order valence-electron chi connectivity index (χ2n) is 4.61. The molecule has 114 valence electrons. The fraction of sp³-hybridized carbons (Fsp3) is 0.385. The van der Waals surface area contributed by atoms with Crippen LogP contribution < -0.4 is 10.6 Å². The Kier molecular flexibility index (Phi) is 5.23. The van der Waals surface area contributed by atoms with E-state index in [4.69, 9.17) is 5.11 Å². The van der Waals surface area contributed by atoms with Crippen LogP contribution in [0.2, 0.25) is 0 Å². The minimum atomic E-state index is -1.12. The van der Waals surface area contributed by atoms with E-state index >= 15 is 0 Å². The third kappa shape index (κ3) is 4.16. The van der Waals surface area contributed by atoms with Gasteiger partial charge in [0.1, 0.15) is 6.04 Å². The lowest BCUT2D eigenvalue weighted by atomic mass is 10.1. The fourth-order valence-corrected chi connectivity index (χ4v) is 1.79. The summed E-state index contributed by atoms with van der Waals surface area (Å²) in [6.45, 7) is 4.82. The molecule has 3 N–H and O–H groups in total. The molecule has 0 fully saturated rings. The van der Waals surface area contributed by atoms with Gasteiger partial charge in [0.2, 0.25) is 0 Å². The Morgan fingerprint density at radius 1 is 1.33 bits per heavy atom. The zero-order valence-corrected chi connectivity index (χ0v) is 12.0. The number of nitro benzene ring substituents is 1. The van der Waals surface area contributed by atoms with E-state index in [0.717, 1.165) is 0 Å². The number of nitrogens with zero attached hydrogens (tertiary/aromatic N) is 1. The molecule has 2 amide bonds. The number of carboxylic acid groups (broad SMARTS) is 1. The average molecular weight is 295 g/mol. The first-order valence-corrected chi connectivity index (χ1v) is 6.32. The van der Waals surface area contributed by atoms with Gasteiger partial charge in [-0.1, -0.05) is 6.92 Å². The number of amides is 2. The van der Waals surface area contributed by atoms with Crippen molar-refractivity contribution in [3.63, 3.8) is 0 Å². The van der Waals surface area contributed by atoms with Gasteiger partial charge in [0, 0.05) is 17.3 Å². The summed E-state index contributed by atoms with van der Waals surface area (Å²) in [6.07, 6.45) is 0.251. The molecule has 21 heavy (non-hydrogen) atoms. The number of aryl methyl sites for hydroxylation is 2. The molecule has 0 unspecified atom stereocenters. The van der Waals surface area contributed by atoms with Crippen LogP contribution >= 0.6 is 0 Å². The summed E-state index contributed by atoms with van der Waals surface area (Å²) < 4.78 is 0. The van der Waals surface area contributed by atoms with Crippen LogP contribution in [0.4, 0.5) is 16.2 Å². The van der Waals surface area contributed by atoms with Gasteiger partial charge in [-0.15, -0.1) is 0 Å². The maximum Gasteiger partial charge on any atom is 0.326 e. The molecule has 0 aliphatic heterocycles. The lowest BCUT2D eigenvalue weighted by Crippen LogP contribution is -2.42. The van der Waals surface area contributed by atoms with Crippen LogP contribution in [0.5, 0.6) is 0 Å². The van der Waals surface area contributed by atoms with Crippen molar-refractivity contribution in [1.29, 1.82) is 0 Å². The molecule has 0 saturated carbocycles. The molecular weight excluding hydrogens is 278 g/mol. The molecule has 1 rings (SSSR count). The Hall–Kier alpha value is -2.64. The maximum absolute atomic E-state index is 11.7. The molecule has 1 aromatic rings. The highest BCUT2D eigenvalue weighted by Gasteiger charge is 2.19. The minimum Gasteiger partial charge on any atom is -0.480 e. The summed E-state index contributed by atoms with van der Waals surface area (Å²) in [5.41, 5.74) is 1.29. The Bertz CT molecular complexity index is 585. The Labute approximate surface area is 121 Å². The van der Waals surface area contributed by atoms with E-state index in [1.807, 2.05) is 0 Å². The number of benzene rings is 1. The van der Waals surface area contributed by atoms with Crippen LogP contribution in [0.25, 0.3) is 0 Å². The predicted octanol–water partition coefficient (Wildman–Crippen LogP) is 2.20. The summed E-state index contributed by atoms with van der Waals surface area (Å²) in [6, 6.07) is 1.19. The lowest BCUT2D eigenvalue weighted by molar-refractivity contribution is -0.385. The summed E-state index contributed by atoms with van der Waals surface area (Å²) in [5.74, 6) is -1.12. The first-order chi connectivity index (χ1) is 9.76. The van der Waals surface area contributed by atoms with Gasteiger partial charge in [-0.3, -0.25) is 10.1 Å². The van der Waals surface area contributed by atoms with E-state index in [2.05, 4.69) is 10.6 Å². The number of carboxylic acids is 1. The summed E-state index contributed by atoms with van der Waals surface area (Å²) >= 11 is 0. The second kappa shape index (κ2) is 6.69.